The molecule has 0 saturated carbocycles. The van der Waals surface area contributed by atoms with Crippen molar-refractivity contribution >= 4 is 17.3 Å². The number of aryl methyl sites for hydroxylation is 1. The molecule has 0 aromatic heterocycles. The maximum Gasteiger partial charge on any atom is 0.123 e. The van der Waals surface area contributed by atoms with Crippen molar-refractivity contribution in [3.05, 3.63) is 58.6 Å². The molecule has 0 aliphatic rings. The highest BCUT2D eigenvalue weighted by Gasteiger charge is 2.04. The van der Waals surface area contributed by atoms with Gasteiger partial charge in [0, 0.05) is 12.1 Å². The van der Waals surface area contributed by atoms with E-state index in [4.69, 9.17) is 16.3 Å². The summed E-state index contributed by atoms with van der Waals surface area (Å²) in [7, 11) is 1.68. The van der Waals surface area contributed by atoms with E-state index >= 15 is 0 Å². The molecule has 0 fully saturated rings. The van der Waals surface area contributed by atoms with Gasteiger partial charge in [0.25, 0.3) is 0 Å². The number of hydrogen-bond acceptors (Lipinski definition) is 2. The van der Waals surface area contributed by atoms with Gasteiger partial charge in [-0.1, -0.05) is 41.4 Å². The molecule has 0 saturated heterocycles. The fourth-order valence-corrected chi connectivity index (χ4v) is 2.04. The standard InChI is InChI=1S/C15H16ClNO/c1-11-7-8-15(18-2)12(9-11)10-17-14-6-4-3-5-13(14)16/h3-9,17H,10H2,1-2H3. The normalized spacial score (nSPS) is 10.2. The van der Waals surface area contributed by atoms with E-state index in [9.17, 15) is 0 Å². The highest BCUT2D eigenvalue weighted by molar-refractivity contribution is 6.33. The Balaban J connectivity index is 2.15. The second kappa shape index (κ2) is 5.78. The molecule has 0 radical (unpaired) electrons. The number of ether oxygens (including phenoxy) is 1. The maximum absolute atomic E-state index is 6.10. The van der Waals surface area contributed by atoms with Gasteiger partial charge in [-0.3, -0.25) is 0 Å². The van der Waals surface area contributed by atoms with Gasteiger partial charge in [-0.2, -0.15) is 0 Å². The predicted molar refractivity (Wildman–Crippen MR) is 76.5 cm³/mol. The Labute approximate surface area is 113 Å². The lowest BCUT2D eigenvalue weighted by Gasteiger charge is -2.12. The summed E-state index contributed by atoms with van der Waals surface area (Å²) in [6, 6.07) is 13.9. The lowest BCUT2D eigenvalue weighted by molar-refractivity contribution is 0.410. The van der Waals surface area contributed by atoms with E-state index in [0.29, 0.717) is 6.54 Å². The van der Waals surface area contributed by atoms with Gasteiger partial charge in [-0.15, -0.1) is 0 Å². The summed E-state index contributed by atoms with van der Waals surface area (Å²) in [4.78, 5) is 0. The minimum atomic E-state index is 0.689. The number of hydrogen-bond donors (Lipinski definition) is 1. The van der Waals surface area contributed by atoms with Crippen molar-refractivity contribution in [1.29, 1.82) is 0 Å². The largest absolute Gasteiger partial charge is 0.496 e. The van der Waals surface area contributed by atoms with E-state index in [1.165, 1.54) is 5.56 Å². The van der Waals surface area contributed by atoms with Crippen LogP contribution in [0.2, 0.25) is 5.02 Å². The van der Waals surface area contributed by atoms with Gasteiger partial charge in [0.05, 0.1) is 17.8 Å². The zero-order valence-electron chi connectivity index (χ0n) is 10.5. The molecular weight excluding hydrogens is 246 g/mol. The molecule has 2 aromatic rings. The number of halogens is 1. The molecule has 3 heteroatoms. The average Bonchev–Trinajstić information content (AvgIpc) is 2.38. The Bertz CT molecular complexity index is 540. The summed E-state index contributed by atoms with van der Waals surface area (Å²) >= 11 is 6.10. The van der Waals surface area contributed by atoms with E-state index in [1.54, 1.807) is 7.11 Å². The van der Waals surface area contributed by atoms with Crippen molar-refractivity contribution in [2.45, 2.75) is 13.5 Å². The quantitative estimate of drug-likeness (QED) is 0.888. The molecule has 0 aliphatic carbocycles. The molecule has 2 nitrogen and oxygen atoms in total. The van der Waals surface area contributed by atoms with E-state index in [0.717, 1.165) is 22.0 Å². The second-order valence-electron chi connectivity index (χ2n) is 4.15. The zero-order chi connectivity index (χ0) is 13.0. The first kappa shape index (κ1) is 12.8. The molecule has 2 aromatic carbocycles. The molecule has 0 amide bonds. The summed E-state index contributed by atoms with van der Waals surface area (Å²) in [6.45, 7) is 2.76. The smallest absolute Gasteiger partial charge is 0.123 e. The van der Waals surface area contributed by atoms with E-state index in [-0.39, 0.29) is 0 Å². The third-order valence-corrected chi connectivity index (χ3v) is 3.11. The van der Waals surface area contributed by atoms with E-state index in [1.807, 2.05) is 36.4 Å². The van der Waals surface area contributed by atoms with Gasteiger partial charge in [-0.05, 0) is 25.1 Å². The van der Waals surface area contributed by atoms with Crippen LogP contribution in [0.5, 0.6) is 5.75 Å². The van der Waals surface area contributed by atoms with Crippen LogP contribution in [0.15, 0.2) is 42.5 Å². The van der Waals surface area contributed by atoms with Crippen LogP contribution in [0, 0.1) is 6.92 Å². The topological polar surface area (TPSA) is 21.3 Å². The van der Waals surface area contributed by atoms with Crippen LogP contribution in [0.3, 0.4) is 0 Å². The zero-order valence-corrected chi connectivity index (χ0v) is 11.3. The predicted octanol–water partition coefficient (Wildman–Crippen LogP) is 4.27. The molecule has 18 heavy (non-hydrogen) atoms. The van der Waals surface area contributed by atoms with Crippen LogP contribution in [0.25, 0.3) is 0 Å². The van der Waals surface area contributed by atoms with E-state index < -0.39 is 0 Å². The SMILES string of the molecule is COc1ccc(C)cc1CNc1ccccc1Cl. The number of methoxy groups -OCH3 is 1. The number of para-hydroxylation sites is 1. The summed E-state index contributed by atoms with van der Waals surface area (Å²) in [5.41, 5.74) is 3.27. The Morgan fingerprint density at radius 2 is 1.94 bits per heavy atom. The van der Waals surface area contributed by atoms with Crippen molar-refractivity contribution in [1.82, 2.24) is 0 Å². The van der Waals surface area contributed by atoms with Crippen molar-refractivity contribution in [2.75, 3.05) is 12.4 Å². The van der Waals surface area contributed by atoms with Crippen LogP contribution in [-0.2, 0) is 6.54 Å². The lowest BCUT2D eigenvalue weighted by atomic mass is 10.1. The summed E-state index contributed by atoms with van der Waals surface area (Å²) in [6.07, 6.45) is 0. The molecule has 2 rings (SSSR count). The van der Waals surface area contributed by atoms with Crippen LogP contribution in [0.4, 0.5) is 5.69 Å². The fraction of sp³-hybridized carbons (Fsp3) is 0.200. The third-order valence-electron chi connectivity index (χ3n) is 2.78. The molecule has 0 aliphatic heterocycles. The molecule has 0 heterocycles. The van der Waals surface area contributed by atoms with Crippen molar-refractivity contribution in [3.8, 4) is 5.75 Å². The van der Waals surface area contributed by atoms with Crippen molar-refractivity contribution in [3.63, 3.8) is 0 Å². The average molecular weight is 262 g/mol. The van der Waals surface area contributed by atoms with Crippen molar-refractivity contribution in [2.24, 2.45) is 0 Å². The Kier molecular flexibility index (Phi) is 4.11. The second-order valence-corrected chi connectivity index (χ2v) is 4.56. The first-order valence-electron chi connectivity index (χ1n) is 5.82. The molecule has 0 unspecified atom stereocenters. The van der Waals surface area contributed by atoms with Crippen LogP contribution >= 0.6 is 11.6 Å². The Morgan fingerprint density at radius 1 is 1.17 bits per heavy atom. The number of nitrogens with one attached hydrogen (secondary N) is 1. The molecule has 0 bridgehead atoms. The van der Waals surface area contributed by atoms with Gasteiger partial charge < -0.3 is 10.1 Å². The molecular formula is C15H16ClNO. The third kappa shape index (κ3) is 2.96. The number of anilines is 1. The van der Waals surface area contributed by atoms with Crippen LogP contribution in [-0.4, -0.2) is 7.11 Å². The summed E-state index contributed by atoms with van der Waals surface area (Å²) in [5, 5.41) is 4.05. The van der Waals surface area contributed by atoms with Gasteiger partial charge in [0.2, 0.25) is 0 Å². The van der Waals surface area contributed by atoms with Crippen molar-refractivity contribution < 1.29 is 4.74 Å². The first-order chi connectivity index (χ1) is 8.70. The summed E-state index contributed by atoms with van der Waals surface area (Å²) in [5.74, 6) is 0.889. The number of rotatable bonds is 4. The van der Waals surface area contributed by atoms with Gasteiger partial charge >= 0.3 is 0 Å². The first-order valence-corrected chi connectivity index (χ1v) is 6.20. The molecule has 1 N–H and O–H groups in total. The maximum atomic E-state index is 6.10. The van der Waals surface area contributed by atoms with Crippen LogP contribution in [0.1, 0.15) is 11.1 Å². The lowest BCUT2D eigenvalue weighted by Crippen LogP contribution is -2.02. The minimum absolute atomic E-state index is 0.689. The Morgan fingerprint density at radius 3 is 2.67 bits per heavy atom. The summed E-state index contributed by atoms with van der Waals surface area (Å²) < 4.78 is 5.35. The number of benzene rings is 2. The highest BCUT2D eigenvalue weighted by Crippen LogP contribution is 2.24. The van der Waals surface area contributed by atoms with Crippen LogP contribution < -0.4 is 10.1 Å². The van der Waals surface area contributed by atoms with E-state index in [2.05, 4.69) is 18.3 Å². The Hall–Kier alpha value is -1.67. The molecule has 0 atom stereocenters. The minimum Gasteiger partial charge on any atom is -0.496 e. The van der Waals surface area contributed by atoms with Gasteiger partial charge in [0.1, 0.15) is 5.75 Å². The molecule has 0 spiro atoms. The fourth-order valence-electron chi connectivity index (χ4n) is 1.84. The van der Waals surface area contributed by atoms with Gasteiger partial charge in [0.15, 0.2) is 0 Å². The monoisotopic (exact) mass is 261 g/mol. The molecule has 94 valence electrons. The highest BCUT2D eigenvalue weighted by atomic mass is 35.5. The van der Waals surface area contributed by atoms with Gasteiger partial charge in [-0.25, -0.2) is 0 Å².